The number of ether oxygens (including phenoxy) is 2. The Balaban J connectivity index is 2.11. The average molecular weight is 340 g/mol. The van der Waals surface area contributed by atoms with Gasteiger partial charge in [0.25, 0.3) is 0 Å². The number of hydrogen-bond acceptors (Lipinski definition) is 5. The maximum Gasteiger partial charge on any atom is 0.308 e. The van der Waals surface area contributed by atoms with Crippen LogP contribution in [0.25, 0.3) is 0 Å². The molecule has 138 valence electrons. The molecule has 0 N–H and O–H groups in total. The number of hydrogen-bond donors (Lipinski definition) is 0. The molecule has 2 rings (SSSR count). The van der Waals surface area contributed by atoms with E-state index in [2.05, 4.69) is 33.8 Å². The molecule has 0 aromatic heterocycles. The second-order valence-corrected chi connectivity index (χ2v) is 6.87. The molecule has 0 radical (unpaired) electrons. The van der Waals surface area contributed by atoms with E-state index in [9.17, 15) is 4.79 Å². The number of carbonyl (C=O) groups excluding carboxylic acids is 1. The molecule has 0 bridgehead atoms. The SMILES string of the molecule is CC/C(=C\[C@@]1(CC)C[C@H](CC)[C@H](CC(=O)OC)OO1)[C@@H]1O[C@H]1CC. The van der Waals surface area contributed by atoms with Crippen molar-refractivity contribution in [2.45, 2.75) is 90.1 Å². The van der Waals surface area contributed by atoms with Crippen molar-refractivity contribution >= 4 is 5.97 Å². The lowest BCUT2D eigenvalue weighted by Gasteiger charge is -2.41. The predicted molar refractivity (Wildman–Crippen MR) is 91.3 cm³/mol. The molecule has 2 aliphatic rings. The summed E-state index contributed by atoms with van der Waals surface area (Å²) in [4.78, 5) is 23.1. The van der Waals surface area contributed by atoms with Gasteiger partial charge in [-0.1, -0.05) is 34.1 Å². The molecular formula is C19H32O5. The molecule has 2 saturated heterocycles. The molecule has 0 aliphatic carbocycles. The van der Waals surface area contributed by atoms with Gasteiger partial charge in [-0.05, 0) is 43.3 Å². The number of carbonyl (C=O) groups is 1. The first-order chi connectivity index (χ1) is 11.5. The van der Waals surface area contributed by atoms with Gasteiger partial charge in [-0.2, -0.15) is 0 Å². The van der Waals surface area contributed by atoms with Gasteiger partial charge in [0, 0.05) is 0 Å². The summed E-state index contributed by atoms with van der Waals surface area (Å²) in [5.41, 5.74) is 0.872. The second-order valence-electron chi connectivity index (χ2n) is 6.87. The highest BCUT2D eigenvalue weighted by molar-refractivity contribution is 5.69. The van der Waals surface area contributed by atoms with Crippen molar-refractivity contribution in [1.29, 1.82) is 0 Å². The van der Waals surface area contributed by atoms with Gasteiger partial charge in [0.1, 0.15) is 17.8 Å². The van der Waals surface area contributed by atoms with E-state index in [1.807, 2.05) is 0 Å². The Kier molecular flexibility index (Phi) is 6.84. The summed E-state index contributed by atoms with van der Waals surface area (Å²) in [6, 6.07) is 0. The smallest absolute Gasteiger partial charge is 0.308 e. The minimum atomic E-state index is -0.428. The van der Waals surface area contributed by atoms with Gasteiger partial charge in [-0.15, -0.1) is 0 Å². The highest BCUT2D eigenvalue weighted by atomic mass is 17.2. The fourth-order valence-electron chi connectivity index (χ4n) is 3.59. The van der Waals surface area contributed by atoms with Crippen molar-refractivity contribution < 1.29 is 24.0 Å². The van der Waals surface area contributed by atoms with Crippen LogP contribution in [0.3, 0.4) is 0 Å². The Morgan fingerprint density at radius 3 is 2.46 bits per heavy atom. The van der Waals surface area contributed by atoms with E-state index in [-0.39, 0.29) is 30.5 Å². The third kappa shape index (κ3) is 4.38. The molecule has 0 amide bonds. The summed E-state index contributed by atoms with van der Waals surface area (Å²) in [5, 5.41) is 0. The van der Waals surface area contributed by atoms with Gasteiger partial charge in [-0.25, -0.2) is 9.78 Å². The van der Waals surface area contributed by atoms with Crippen molar-refractivity contribution in [3.8, 4) is 0 Å². The molecule has 2 heterocycles. The zero-order valence-electron chi connectivity index (χ0n) is 15.7. The Morgan fingerprint density at radius 2 is 1.96 bits per heavy atom. The first-order valence-corrected chi connectivity index (χ1v) is 9.30. The third-order valence-electron chi connectivity index (χ3n) is 5.40. The van der Waals surface area contributed by atoms with Gasteiger partial charge < -0.3 is 9.47 Å². The van der Waals surface area contributed by atoms with Crippen LogP contribution in [0.5, 0.6) is 0 Å². The van der Waals surface area contributed by atoms with Crippen LogP contribution in [0, 0.1) is 5.92 Å². The van der Waals surface area contributed by atoms with Gasteiger partial charge in [0.15, 0.2) is 0 Å². The van der Waals surface area contributed by atoms with Crippen LogP contribution in [0.4, 0.5) is 0 Å². The molecule has 0 aromatic rings. The first kappa shape index (κ1) is 19.4. The third-order valence-corrected chi connectivity index (χ3v) is 5.40. The zero-order chi connectivity index (χ0) is 17.7. The second kappa shape index (κ2) is 8.45. The van der Waals surface area contributed by atoms with Crippen molar-refractivity contribution in [1.82, 2.24) is 0 Å². The summed E-state index contributed by atoms with van der Waals surface area (Å²) < 4.78 is 10.5. The summed E-state index contributed by atoms with van der Waals surface area (Å²) in [6.45, 7) is 8.56. The van der Waals surface area contributed by atoms with E-state index < -0.39 is 5.60 Å². The van der Waals surface area contributed by atoms with Gasteiger partial charge in [0.2, 0.25) is 0 Å². The van der Waals surface area contributed by atoms with E-state index in [1.54, 1.807) is 0 Å². The Labute approximate surface area is 145 Å². The lowest BCUT2D eigenvalue weighted by Crippen LogP contribution is -2.44. The predicted octanol–water partition coefficient (Wildman–Crippen LogP) is 3.96. The summed E-state index contributed by atoms with van der Waals surface area (Å²) in [6.07, 6.45) is 7.44. The molecule has 0 saturated carbocycles. The highest BCUT2D eigenvalue weighted by Crippen LogP contribution is 2.41. The van der Waals surface area contributed by atoms with Gasteiger partial charge in [-0.3, -0.25) is 4.79 Å². The molecule has 5 heteroatoms. The Morgan fingerprint density at radius 1 is 1.21 bits per heavy atom. The van der Waals surface area contributed by atoms with Gasteiger partial charge in [0.05, 0.1) is 19.6 Å². The van der Waals surface area contributed by atoms with E-state index >= 15 is 0 Å². The highest BCUT2D eigenvalue weighted by Gasteiger charge is 2.45. The standard InChI is InChI=1S/C19H32O5/c1-6-13-11-19(9-4,24-23-16(13)10-17(20)21-5)12-14(7-2)18-15(8-3)22-18/h12-13,15-16,18H,6-11H2,1-5H3/b14-12+/t13-,15-,16-,18-,19+/m0/s1. The maximum atomic E-state index is 11.6. The largest absolute Gasteiger partial charge is 0.469 e. The Bertz CT molecular complexity index is 461. The molecule has 0 spiro atoms. The van der Waals surface area contributed by atoms with Crippen molar-refractivity contribution in [3.63, 3.8) is 0 Å². The molecule has 5 nitrogen and oxygen atoms in total. The minimum absolute atomic E-state index is 0.235. The van der Waals surface area contributed by atoms with Gasteiger partial charge >= 0.3 is 5.97 Å². The number of rotatable bonds is 8. The van der Waals surface area contributed by atoms with Crippen LogP contribution in [0.2, 0.25) is 0 Å². The number of esters is 1. The lowest BCUT2D eigenvalue weighted by molar-refractivity contribution is -0.409. The molecular weight excluding hydrogens is 308 g/mol. The fourth-order valence-corrected chi connectivity index (χ4v) is 3.59. The summed E-state index contributed by atoms with van der Waals surface area (Å²) >= 11 is 0. The molecule has 24 heavy (non-hydrogen) atoms. The van der Waals surface area contributed by atoms with Crippen molar-refractivity contribution in [2.75, 3.05) is 7.11 Å². The number of epoxide rings is 1. The minimum Gasteiger partial charge on any atom is -0.469 e. The topological polar surface area (TPSA) is 57.3 Å². The molecule has 0 aromatic carbocycles. The Hall–Kier alpha value is -0.910. The maximum absolute atomic E-state index is 11.6. The molecule has 0 unspecified atom stereocenters. The monoisotopic (exact) mass is 340 g/mol. The zero-order valence-corrected chi connectivity index (χ0v) is 15.7. The van der Waals surface area contributed by atoms with Crippen LogP contribution in [0.15, 0.2) is 11.6 Å². The van der Waals surface area contributed by atoms with Crippen LogP contribution in [0.1, 0.15) is 66.2 Å². The van der Waals surface area contributed by atoms with Crippen LogP contribution < -0.4 is 0 Å². The van der Waals surface area contributed by atoms with Crippen molar-refractivity contribution in [2.24, 2.45) is 5.92 Å². The van der Waals surface area contributed by atoms with Crippen LogP contribution in [-0.2, 0) is 24.0 Å². The molecule has 5 atom stereocenters. The summed E-state index contributed by atoms with van der Waals surface area (Å²) in [7, 11) is 1.40. The number of methoxy groups -OCH3 is 1. The van der Waals surface area contributed by atoms with Crippen LogP contribution in [-0.4, -0.2) is 37.0 Å². The first-order valence-electron chi connectivity index (χ1n) is 9.30. The van der Waals surface area contributed by atoms with E-state index in [0.717, 1.165) is 32.1 Å². The van der Waals surface area contributed by atoms with Crippen molar-refractivity contribution in [3.05, 3.63) is 11.6 Å². The van der Waals surface area contributed by atoms with E-state index in [1.165, 1.54) is 12.7 Å². The van der Waals surface area contributed by atoms with Crippen LogP contribution >= 0.6 is 0 Å². The van der Waals surface area contributed by atoms with E-state index in [0.29, 0.717) is 6.10 Å². The fraction of sp³-hybridized carbons (Fsp3) is 0.842. The summed E-state index contributed by atoms with van der Waals surface area (Å²) in [5.74, 6) is 0.0160. The normalized spacial score (nSPS) is 36.5. The lowest BCUT2D eigenvalue weighted by atomic mass is 9.80. The van der Waals surface area contributed by atoms with E-state index in [4.69, 9.17) is 19.2 Å². The molecule has 2 aliphatic heterocycles. The molecule has 2 fully saturated rings. The average Bonchev–Trinajstić information content (AvgIpc) is 3.40. The quantitative estimate of drug-likeness (QED) is 0.290.